The van der Waals surface area contributed by atoms with Crippen LogP contribution in [0.1, 0.15) is 52.5 Å². The van der Waals surface area contributed by atoms with Crippen LogP contribution in [0.4, 0.5) is 0 Å². The zero-order valence-corrected chi connectivity index (χ0v) is 20.8. The Hall–Kier alpha value is -3.18. The zero-order valence-electron chi connectivity index (χ0n) is 20.8. The lowest BCUT2D eigenvalue weighted by atomic mass is 9.82. The van der Waals surface area contributed by atoms with Gasteiger partial charge in [-0.3, -0.25) is 0 Å². The van der Waals surface area contributed by atoms with E-state index in [4.69, 9.17) is 9.90 Å². The van der Waals surface area contributed by atoms with E-state index in [9.17, 15) is 5.11 Å². The van der Waals surface area contributed by atoms with E-state index in [1.807, 2.05) is 0 Å². The van der Waals surface area contributed by atoms with Gasteiger partial charge in [-0.05, 0) is 62.4 Å². The van der Waals surface area contributed by atoms with Crippen molar-refractivity contribution in [1.29, 1.82) is 0 Å². The summed E-state index contributed by atoms with van der Waals surface area (Å²) in [5, 5.41) is 26.4. The van der Waals surface area contributed by atoms with Crippen molar-refractivity contribution in [3.05, 3.63) is 76.1 Å². The molecule has 0 saturated carbocycles. The van der Waals surface area contributed by atoms with E-state index < -0.39 is 5.97 Å². The average Bonchev–Trinajstić information content (AvgIpc) is 3.11. The predicted octanol–water partition coefficient (Wildman–Crippen LogP) is 3.35. The third kappa shape index (κ3) is 4.09. The maximum absolute atomic E-state index is 9.67. The maximum Gasteiger partial charge on any atom is 0.203 e. The summed E-state index contributed by atoms with van der Waals surface area (Å²) in [6.07, 6.45) is 1.09. The molecule has 0 fully saturated rings. The minimum atomic E-state index is -1.08. The van der Waals surface area contributed by atoms with Gasteiger partial charge in [0.05, 0.1) is 5.35 Å². The second-order valence-corrected chi connectivity index (χ2v) is 9.83. The molecular formula is C29H34N2O3. The topological polar surface area (TPSA) is 68.3 Å². The first-order valence-electron chi connectivity index (χ1n) is 12.1. The van der Waals surface area contributed by atoms with Gasteiger partial charge in [0.25, 0.3) is 0 Å². The number of β-amino-alcohol motifs (C(OH)–C–C–N with tert-alkyl or cyclic N) is 1. The number of carboxylic acid groups (broad SMARTS) is 1. The van der Waals surface area contributed by atoms with Crippen LogP contribution in [0.2, 0.25) is 0 Å². The molecule has 1 unspecified atom stereocenters. The van der Waals surface area contributed by atoms with Crippen molar-refractivity contribution < 1.29 is 15.0 Å². The highest BCUT2D eigenvalue weighted by Crippen LogP contribution is 2.32. The highest BCUT2D eigenvalue weighted by molar-refractivity contribution is 6.09. The molecule has 0 aliphatic carbocycles. The highest BCUT2D eigenvalue weighted by Gasteiger charge is 2.38. The Labute approximate surface area is 200 Å². The predicted molar refractivity (Wildman–Crippen MR) is 135 cm³/mol. The summed E-state index contributed by atoms with van der Waals surface area (Å²) in [6.45, 7) is 11.9. The van der Waals surface area contributed by atoms with Gasteiger partial charge < -0.3 is 19.6 Å². The number of nitrogens with zero attached hydrogens (tertiary/aromatic N) is 2. The first-order valence-corrected chi connectivity index (χ1v) is 12.1. The van der Waals surface area contributed by atoms with Gasteiger partial charge in [0.15, 0.2) is 12.1 Å². The lowest BCUT2D eigenvalue weighted by Crippen LogP contribution is -2.53. The number of aryl methyl sites for hydroxylation is 1. The smallest absolute Gasteiger partial charge is 0.203 e. The SMILES string of the molecule is CC(=O)[O-].CCn1/c(=c2\ccc3c(c2)C(C)CC(C)(C)[N+]=3CCO)c2cccc3cccc1c32. The van der Waals surface area contributed by atoms with Gasteiger partial charge in [-0.1, -0.05) is 37.3 Å². The van der Waals surface area contributed by atoms with E-state index in [-0.39, 0.29) is 12.1 Å². The van der Waals surface area contributed by atoms with Crippen LogP contribution in [0.25, 0.3) is 21.7 Å². The fraction of sp³-hybridized carbons (Fsp3) is 0.379. The van der Waals surface area contributed by atoms with Crippen LogP contribution in [0.15, 0.2) is 54.6 Å². The van der Waals surface area contributed by atoms with Crippen molar-refractivity contribution in [2.24, 2.45) is 0 Å². The lowest BCUT2D eigenvalue weighted by Gasteiger charge is -2.30. The highest BCUT2D eigenvalue weighted by atomic mass is 16.4. The number of aliphatic hydroxyl groups excluding tert-OH is 1. The summed E-state index contributed by atoms with van der Waals surface area (Å²) < 4.78 is 4.85. The van der Waals surface area contributed by atoms with Crippen LogP contribution in [0.3, 0.4) is 0 Å². The number of aliphatic carboxylic acids is 1. The number of fused-ring (bicyclic) bond motifs is 1. The van der Waals surface area contributed by atoms with Gasteiger partial charge in [0.2, 0.25) is 5.36 Å². The van der Waals surface area contributed by atoms with Crippen molar-refractivity contribution in [2.45, 2.75) is 59.0 Å². The molecule has 0 spiro atoms. The van der Waals surface area contributed by atoms with Gasteiger partial charge in [0.1, 0.15) is 6.61 Å². The van der Waals surface area contributed by atoms with Gasteiger partial charge >= 0.3 is 0 Å². The molecule has 1 N–H and O–H groups in total. The van der Waals surface area contributed by atoms with Crippen molar-refractivity contribution in [3.63, 3.8) is 0 Å². The number of hydrogen-bond acceptors (Lipinski definition) is 3. The Morgan fingerprint density at radius 2 is 1.85 bits per heavy atom. The number of hydrogen-bond donors (Lipinski definition) is 1. The lowest BCUT2D eigenvalue weighted by molar-refractivity contribution is -0.302. The Bertz CT molecular complexity index is 1510. The molecule has 5 heteroatoms. The summed E-state index contributed by atoms with van der Waals surface area (Å²) in [7, 11) is 0. The Morgan fingerprint density at radius 3 is 2.50 bits per heavy atom. The molecule has 1 aliphatic rings. The molecule has 0 saturated heterocycles. The molecule has 1 aliphatic heterocycles. The zero-order chi connectivity index (χ0) is 24.6. The van der Waals surface area contributed by atoms with Crippen molar-refractivity contribution in [2.75, 3.05) is 13.2 Å². The second-order valence-electron chi connectivity index (χ2n) is 9.83. The fourth-order valence-electron chi connectivity index (χ4n) is 5.81. The third-order valence-corrected chi connectivity index (χ3v) is 7.00. The molecule has 0 radical (unpaired) electrons. The van der Waals surface area contributed by atoms with E-state index in [0.29, 0.717) is 12.5 Å². The summed E-state index contributed by atoms with van der Waals surface area (Å²) in [5.74, 6) is -0.597. The number of carboxylic acids is 1. The van der Waals surface area contributed by atoms with Crippen molar-refractivity contribution in [1.82, 2.24) is 9.14 Å². The van der Waals surface area contributed by atoms with Crippen LogP contribution in [-0.4, -0.2) is 34.3 Å². The number of aliphatic hydroxyl groups is 1. The number of aromatic nitrogens is 1. The number of carbonyl (C=O) groups is 1. The molecule has 34 heavy (non-hydrogen) atoms. The monoisotopic (exact) mass is 458 g/mol. The minimum Gasteiger partial charge on any atom is -0.550 e. The Morgan fingerprint density at radius 1 is 1.18 bits per heavy atom. The van der Waals surface area contributed by atoms with Gasteiger partial charge in [-0.25, -0.2) is 4.58 Å². The summed E-state index contributed by atoms with van der Waals surface area (Å²) in [5.41, 5.74) is 2.76. The number of benzene rings is 3. The fourth-order valence-corrected chi connectivity index (χ4v) is 5.81. The van der Waals surface area contributed by atoms with E-state index in [1.165, 1.54) is 43.2 Å². The molecule has 1 aromatic heterocycles. The van der Waals surface area contributed by atoms with Crippen LogP contribution in [-0.2, 0) is 11.3 Å². The molecule has 0 amide bonds. The molecular weight excluding hydrogens is 424 g/mol. The summed E-state index contributed by atoms with van der Waals surface area (Å²) in [4.78, 5) is 8.89. The quantitative estimate of drug-likeness (QED) is 0.479. The van der Waals surface area contributed by atoms with Gasteiger partial charge in [-0.15, -0.1) is 0 Å². The van der Waals surface area contributed by atoms with E-state index in [0.717, 1.165) is 19.9 Å². The third-order valence-electron chi connectivity index (χ3n) is 7.00. The number of carbonyl (C=O) groups excluding carboxylic acids is 1. The molecule has 5 nitrogen and oxygen atoms in total. The summed E-state index contributed by atoms with van der Waals surface area (Å²) >= 11 is 0. The average molecular weight is 459 g/mol. The molecule has 0 bridgehead atoms. The summed E-state index contributed by atoms with van der Waals surface area (Å²) in [6, 6.07) is 20.2. The normalized spacial score (nSPS) is 17.9. The van der Waals surface area contributed by atoms with Crippen LogP contribution in [0.5, 0.6) is 0 Å². The molecule has 4 aromatic rings. The minimum absolute atomic E-state index is 0.0500. The van der Waals surface area contributed by atoms with Crippen LogP contribution in [0, 0.1) is 10.6 Å². The Kier molecular flexibility index (Phi) is 6.50. The van der Waals surface area contributed by atoms with E-state index >= 15 is 0 Å². The second kappa shape index (κ2) is 9.22. The van der Waals surface area contributed by atoms with Crippen LogP contribution >= 0.6 is 0 Å². The molecule has 3 aromatic carbocycles. The molecule has 1 atom stereocenters. The number of rotatable bonds is 3. The van der Waals surface area contributed by atoms with E-state index in [1.54, 1.807) is 0 Å². The molecule has 178 valence electrons. The van der Waals surface area contributed by atoms with Crippen LogP contribution < -0.4 is 15.0 Å². The van der Waals surface area contributed by atoms with Crippen molar-refractivity contribution in [3.8, 4) is 0 Å². The van der Waals surface area contributed by atoms with Gasteiger partial charge in [-0.2, -0.15) is 0 Å². The first-order chi connectivity index (χ1) is 16.2. The molecule has 2 heterocycles. The molecule has 5 rings (SSSR count). The van der Waals surface area contributed by atoms with Crippen molar-refractivity contribution >= 4 is 27.6 Å². The maximum atomic E-state index is 9.67. The Balaban J connectivity index is 0.000000636. The van der Waals surface area contributed by atoms with E-state index in [2.05, 4.69) is 91.4 Å². The largest absolute Gasteiger partial charge is 0.550 e. The van der Waals surface area contributed by atoms with Gasteiger partial charge in [0, 0.05) is 46.9 Å². The standard InChI is InChI=1S/C27H31N2O.C2H4O2/c1-5-28-24-11-7-9-19-8-6-10-21(25(19)24)26(28)20-12-13-23-22(16-20)18(2)17-27(3,4)29(23)14-15-30;1-2(3)4/h6-13,16,18,30H,5,14-15,17H2,1-4H3;1H3,(H,3,4)/q+1;/p-1. The first kappa shape index (κ1) is 24.0.